The fourth-order valence-corrected chi connectivity index (χ4v) is 5.69. The molecule has 2 saturated heterocycles. The Morgan fingerprint density at radius 3 is 2.67 bits per heavy atom. The second-order valence-electron chi connectivity index (χ2n) is 5.97. The third-order valence-corrected chi connectivity index (χ3v) is 7.14. The van der Waals surface area contributed by atoms with Crippen LogP contribution in [0, 0.1) is 11.8 Å². The summed E-state index contributed by atoms with van der Waals surface area (Å²) in [7, 11) is 0. The van der Waals surface area contributed by atoms with Crippen LogP contribution in [0.2, 0.25) is 0 Å². The van der Waals surface area contributed by atoms with Crippen LogP contribution in [0.25, 0.3) is 0 Å². The van der Waals surface area contributed by atoms with Crippen molar-refractivity contribution in [2.45, 2.75) is 31.2 Å². The summed E-state index contributed by atoms with van der Waals surface area (Å²) in [4.78, 5) is 36.8. The number of aliphatic carboxylic acids is 1. The molecule has 0 aromatic carbocycles. The van der Waals surface area contributed by atoms with Crippen LogP contribution in [0.3, 0.4) is 0 Å². The van der Waals surface area contributed by atoms with Crippen molar-refractivity contribution in [1.82, 2.24) is 10.2 Å². The van der Waals surface area contributed by atoms with Crippen LogP contribution in [0.1, 0.15) is 13.8 Å². The van der Waals surface area contributed by atoms with Crippen LogP contribution in [-0.4, -0.2) is 56.8 Å². The number of fused-ring (bicyclic) bond motifs is 1. The van der Waals surface area contributed by atoms with Gasteiger partial charge in [-0.15, -0.1) is 11.8 Å². The predicted octanol–water partition coefficient (Wildman–Crippen LogP) is -3.63. The summed E-state index contributed by atoms with van der Waals surface area (Å²) in [5.74, 6) is -1.89. The maximum Gasteiger partial charge on any atom is 1.00 e. The number of nitrogens with zero attached hydrogens (tertiary/aromatic N) is 1. The summed E-state index contributed by atoms with van der Waals surface area (Å²) in [6.07, 6.45) is -0.817. The number of β-lactam (4-membered cyclic amide) rings is 1. The molecule has 0 aromatic rings. The molecule has 2 amide bonds. The number of hydrogen-bond donors (Lipinski definition) is 2. The first-order valence-electron chi connectivity index (χ1n) is 7.36. The van der Waals surface area contributed by atoms with E-state index in [-0.39, 0.29) is 63.6 Å². The average molecular weight is 380 g/mol. The fraction of sp³-hybridized carbons (Fsp3) is 0.643. The number of hydrogen-bond acceptors (Lipinski definition) is 7. The molecule has 0 aromatic heterocycles. The van der Waals surface area contributed by atoms with Crippen LogP contribution in [0.15, 0.2) is 10.6 Å². The summed E-state index contributed by atoms with van der Waals surface area (Å²) < 4.78 is 0. The molecule has 0 spiro atoms. The first-order valence-corrected chi connectivity index (χ1v) is 9.23. The van der Waals surface area contributed by atoms with Crippen molar-refractivity contribution in [3.8, 4) is 0 Å². The van der Waals surface area contributed by atoms with E-state index >= 15 is 0 Å². The van der Waals surface area contributed by atoms with Crippen molar-refractivity contribution in [2.24, 2.45) is 11.8 Å². The summed E-state index contributed by atoms with van der Waals surface area (Å²) in [5.41, 5.74) is -0.0729. The number of aliphatic hydroxyl groups excluding tert-OH is 1. The number of thioether (sulfide) groups is 2. The number of carbonyl (C=O) groups excluding carboxylic acids is 3. The van der Waals surface area contributed by atoms with E-state index in [9.17, 15) is 24.6 Å². The van der Waals surface area contributed by atoms with Crippen LogP contribution in [0.5, 0.6) is 0 Å². The van der Waals surface area contributed by atoms with Gasteiger partial charge in [0.2, 0.25) is 5.91 Å². The normalized spacial score (nSPS) is 33.4. The first-order chi connectivity index (χ1) is 10.8. The van der Waals surface area contributed by atoms with Gasteiger partial charge in [0.25, 0.3) is 5.24 Å². The number of carboxylic acids is 1. The first kappa shape index (κ1) is 20.1. The van der Waals surface area contributed by atoms with Crippen molar-refractivity contribution in [2.75, 3.05) is 12.3 Å². The molecule has 3 aliphatic heterocycles. The average Bonchev–Trinajstić information content (AvgIpc) is 2.71. The van der Waals surface area contributed by atoms with E-state index in [1.165, 1.54) is 28.4 Å². The van der Waals surface area contributed by atoms with Gasteiger partial charge in [0.1, 0.15) is 0 Å². The second kappa shape index (κ2) is 7.59. The van der Waals surface area contributed by atoms with Crippen LogP contribution in [-0.2, 0) is 9.59 Å². The molecule has 3 heterocycles. The molecule has 10 heteroatoms. The van der Waals surface area contributed by atoms with E-state index < -0.39 is 18.0 Å². The Morgan fingerprint density at radius 1 is 1.50 bits per heavy atom. The third kappa shape index (κ3) is 3.26. The standard InChI is InChI=1S/C14H18N2O5S2.Na/c1-5-9-8(6(2)17)12(18)16(9)10(13(19)20)11(5)23-7-3-15-14(21)22-4-7;/h5-9,17H,3-4H2,1-2H3,(H,15,21)(H,19,20);/q;+1/p-1/t5-,6-,7?,8-,9-;/m1./s1. The topological polar surface area (TPSA) is 110 Å². The molecular formula is C14H17N2NaO5S2. The molecule has 0 aliphatic carbocycles. The van der Waals surface area contributed by atoms with E-state index in [0.29, 0.717) is 17.2 Å². The van der Waals surface area contributed by atoms with Crippen molar-refractivity contribution in [3.63, 3.8) is 0 Å². The van der Waals surface area contributed by atoms with Crippen LogP contribution < -0.4 is 40.0 Å². The van der Waals surface area contributed by atoms with Crippen molar-refractivity contribution in [1.29, 1.82) is 0 Å². The van der Waals surface area contributed by atoms with Crippen molar-refractivity contribution >= 4 is 40.6 Å². The van der Waals surface area contributed by atoms with Gasteiger partial charge in [0.15, 0.2) is 0 Å². The quantitative estimate of drug-likeness (QED) is 0.383. The van der Waals surface area contributed by atoms with Crippen LogP contribution in [0.4, 0.5) is 4.79 Å². The molecule has 2 fully saturated rings. The van der Waals surface area contributed by atoms with E-state index in [1.54, 1.807) is 6.92 Å². The summed E-state index contributed by atoms with van der Waals surface area (Å²) >= 11 is 2.55. The Hall–Kier alpha value is -0.190. The molecule has 0 bridgehead atoms. The Labute approximate surface area is 170 Å². The molecule has 1 unspecified atom stereocenters. The zero-order chi connectivity index (χ0) is 16.9. The predicted molar refractivity (Wildman–Crippen MR) is 84.2 cm³/mol. The number of carbonyl (C=O) groups is 3. The van der Waals surface area contributed by atoms with Crippen LogP contribution >= 0.6 is 23.5 Å². The van der Waals surface area contributed by atoms with Gasteiger partial charge < -0.3 is 25.2 Å². The minimum atomic E-state index is -1.37. The Balaban J connectivity index is 0.00000208. The van der Waals surface area contributed by atoms with E-state index in [4.69, 9.17) is 0 Å². The van der Waals surface area contributed by atoms with Crippen molar-refractivity contribution in [3.05, 3.63) is 10.6 Å². The molecule has 3 aliphatic rings. The minimum Gasteiger partial charge on any atom is -0.543 e. The number of amides is 2. The Morgan fingerprint density at radius 2 is 2.17 bits per heavy atom. The fourth-order valence-electron chi connectivity index (χ4n) is 3.40. The maximum absolute atomic E-state index is 12.2. The van der Waals surface area contributed by atoms with Crippen molar-refractivity contribution < 1.29 is 54.2 Å². The SMILES string of the molecule is C[C@@H](O)[C@H]1C(=O)N2C(C(=O)[O-])=C(SC3CNC(=O)SC3)[C@H](C)[C@H]12.[Na+]. The van der Waals surface area contributed by atoms with E-state index in [0.717, 1.165) is 0 Å². The smallest absolute Gasteiger partial charge is 0.543 e. The van der Waals surface area contributed by atoms with Gasteiger partial charge in [-0.05, 0) is 6.92 Å². The third-order valence-electron chi connectivity index (χ3n) is 4.47. The van der Waals surface area contributed by atoms with Gasteiger partial charge >= 0.3 is 29.6 Å². The van der Waals surface area contributed by atoms with E-state index in [1.807, 2.05) is 6.92 Å². The number of carboxylic acid groups (broad SMARTS) is 1. The van der Waals surface area contributed by atoms with E-state index in [2.05, 4.69) is 5.32 Å². The molecule has 0 saturated carbocycles. The van der Waals surface area contributed by atoms with Gasteiger partial charge in [-0.2, -0.15) is 0 Å². The Kier molecular flexibility index (Phi) is 6.36. The second-order valence-corrected chi connectivity index (χ2v) is 8.31. The number of nitrogens with one attached hydrogen (secondary N) is 1. The molecular weight excluding hydrogens is 363 g/mol. The van der Waals surface area contributed by atoms with Gasteiger partial charge in [-0.25, -0.2) is 0 Å². The molecule has 0 radical (unpaired) electrons. The summed E-state index contributed by atoms with van der Waals surface area (Å²) in [5, 5.41) is 24.0. The number of rotatable bonds is 4. The van der Waals surface area contributed by atoms with Gasteiger partial charge in [0.05, 0.1) is 29.7 Å². The zero-order valence-corrected chi connectivity index (χ0v) is 17.3. The zero-order valence-electron chi connectivity index (χ0n) is 13.6. The molecule has 24 heavy (non-hydrogen) atoms. The largest absolute Gasteiger partial charge is 1.00 e. The summed E-state index contributed by atoms with van der Waals surface area (Å²) in [6.45, 7) is 3.88. The molecule has 126 valence electrons. The molecule has 2 N–H and O–H groups in total. The minimum absolute atomic E-state index is 0. The maximum atomic E-state index is 12.2. The molecule has 7 nitrogen and oxygen atoms in total. The summed E-state index contributed by atoms with van der Waals surface area (Å²) in [6, 6.07) is -0.330. The van der Waals surface area contributed by atoms with Gasteiger partial charge in [-0.1, -0.05) is 18.7 Å². The molecule has 3 rings (SSSR count). The molecule has 5 atom stereocenters. The Bertz CT molecular complexity index is 602. The van der Waals surface area contributed by atoms with Gasteiger partial charge in [0, 0.05) is 28.4 Å². The number of aliphatic hydroxyl groups is 1. The van der Waals surface area contributed by atoms with Gasteiger partial charge in [-0.3, -0.25) is 9.59 Å². The monoisotopic (exact) mass is 380 g/mol.